The summed E-state index contributed by atoms with van der Waals surface area (Å²) in [6, 6.07) is 8.74. The van der Waals surface area contributed by atoms with Crippen LogP contribution in [0.15, 0.2) is 54.1 Å². The van der Waals surface area contributed by atoms with Crippen LogP contribution in [0.25, 0.3) is 0 Å². The first-order chi connectivity index (χ1) is 16.3. The summed E-state index contributed by atoms with van der Waals surface area (Å²) in [6.45, 7) is 3.88. The third kappa shape index (κ3) is 5.36. The highest BCUT2D eigenvalue weighted by atomic mass is 16.5. The van der Waals surface area contributed by atoms with E-state index in [1.54, 1.807) is 37.4 Å². The Balaban J connectivity index is 2.02. The van der Waals surface area contributed by atoms with Crippen molar-refractivity contribution in [1.82, 2.24) is 0 Å². The summed E-state index contributed by atoms with van der Waals surface area (Å²) < 4.78 is 22.1. The number of esters is 1. The Morgan fingerprint density at radius 1 is 0.912 bits per heavy atom. The van der Waals surface area contributed by atoms with Crippen LogP contribution in [-0.2, 0) is 16.0 Å². The maximum atomic E-state index is 12.9. The number of carbonyl (C=O) groups is 3. The van der Waals surface area contributed by atoms with Crippen LogP contribution in [-0.4, -0.2) is 38.9 Å². The predicted octanol–water partition coefficient (Wildman–Crippen LogP) is 4.83. The molecule has 0 fully saturated rings. The van der Waals surface area contributed by atoms with Gasteiger partial charge in [0.05, 0.1) is 38.9 Å². The van der Waals surface area contributed by atoms with E-state index in [-0.39, 0.29) is 40.6 Å². The van der Waals surface area contributed by atoms with Gasteiger partial charge in [0.25, 0.3) is 0 Å². The fourth-order valence-corrected chi connectivity index (χ4v) is 3.77. The molecule has 34 heavy (non-hydrogen) atoms. The number of ketones is 2. The highest BCUT2D eigenvalue weighted by Gasteiger charge is 2.33. The first-order valence-corrected chi connectivity index (χ1v) is 10.8. The molecule has 1 aliphatic rings. The molecule has 0 N–H and O–H groups in total. The molecule has 2 aromatic rings. The van der Waals surface area contributed by atoms with Crippen molar-refractivity contribution in [3.8, 4) is 17.2 Å². The molecule has 0 radical (unpaired) electrons. The van der Waals surface area contributed by atoms with E-state index in [1.807, 2.05) is 19.9 Å². The Morgan fingerprint density at radius 2 is 1.56 bits per heavy atom. The molecule has 1 atom stereocenters. The Bertz CT molecular complexity index is 1150. The molecule has 0 unspecified atom stereocenters. The molecule has 0 aromatic heterocycles. The lowest BCUT2D eigenvalue weighted by Gasteiger charge is -2.24. The molecule has 0 aliphatic heterocycles. The molecule has 2 aromatic carbocycles. The van der Waals surface area contributed by atoms with Gasteiger partial charge in [0.1, 0.15) is 23.4 Å². The summed E-state index contributed by atoms with van der Waals surface area (Å²) in [5.74, 6) is -0.0633. The SMILES string of the molecule is COc1ccc(CC(=O)O[C@H](CC=C(C)C)c2cc(OC)c3c(c2OC)C(=O)C=CC3=O)cc1. The van der Waals surface area contributed by atoms with Crippen molar-refractivity contribution in [3.63, 3.8) is 0 Å². The summed E-state index contributed by atoms with van der Waals surface area (Å²) in [5.41, 5.74) is 2.51. The number of hydrogen-bond acceptors (Lipinski definition) is 7. The standard InChI is InChI=1S/C27H28O7/c1-16(2)6-13-22(34-24(30)14-17-7-9-18(31-3)10-8-17)19-15-23(32-4)25-20(28)11-12-21(29)26(25)27(19)33-5/h6-12,15,22H,13-14H2,1-5H3/t22-/m1/s1. The van der Waals surface area contributed by atoms with Crippen molar-refractivity contribution in [2.45, 2.75) is 32.8 Å². The van der Waals surface area contributed by atoms with Gasteiger partial charge in [-0.2, -0.15) is 0 Å². The molecular weight excluding hydrogens is 436 g/mol. The van der Waals surface area contributed by atoms with E-state index in [4.69, 9.17) is 18.9 Å². The predicted molar refractivity (Wildman–Crippen MR) is 127 cm³/mol. The second-order valence-electron chi connectivity index (χ2n) is 8.03. The van der Waals surface area contributed by atoms with Gasteiger partial charge in [0, 0.05) is 12.0 Å². The average Bonchev–Trinajstić information content (AvgIpc) is 2.83. The average molecular weight is 465 g/mol. The molecule has 178 valence electrons. The largest absolute Gasteiger partial charge is 0.497 e. The normalized spacial score (nSPS) is 13.1. The number of methoxy groups -OCH3 is 3. The number of fused-ring (bicyclic) bond motifs is 1. The number of benzene rings is 2. The molecule has 0 heterocycles. The van der Waals surface area contributed by atoms with Gasteiger partial charge in [-0.3, -0.25) is 14.4 Å². The monoisotopic (exact) mass is 464 g/mol. The minimum atomic E-state index is -0.761. The highest BCUT2D eigenvalue weighted by Crippen LogP contribution is 2.42. The first kappa shape index (κ1) is 24.8. The molecule has 0 saturated carbocycles. The molecule has 0 spiro atoms. The maximum Gasteiger partial charge on any atom is 0.310 e. The molecule has 0 bridgehead atoms. The van der Waals surface area contributed by atoms with Crippen LogP contribution in [0.1, 0.15) is 58.2 Å². The van der Waals surface area contributed by atoms with Crippen LogP contribution in [0.2, 0.25) is 0 Å². The lowest BCUT2D eigenvalue weighted by Crippen LogP contribution is -2.19. The zero-order chi connectivity index (χ0) is 24.8. The minimum absolute atomic E-state index is 0.0554. The number of rotatable bonds is 9. The summed E-state index contributed by atoms with van der Waals surface area (Å²) in [6.07, 6.45) is 4.00. The second kappa shape index (κ2) is 10.8. The molecular formula is C27H28O7. The molecule has 0 amide bonds. The van der Waals surface area contributed by atoms with Gasteiger partial charge in [-0.1, -0.05) is 23.8 Å². The van der Waals surface area contributed by atoms with E-state index in [2.05, 4.69) is 0 Å². The van der Waals surface area contributed by atoms with E-state index in [0.29, 0.717) is 17.7 Å². The fraction of sp³-hybridized carbons (Fsp3) is 0.296. The minimum Gasteiger partial charge on any atom is -0.497 e. The van der Waals surface area contributed by atoms with Crippen molar-refractivity contribution in [2.24, 2.45) is 0 Å². The van der Waals surface area contributed by atoms with Crippen LogP contribution in [0.5, 0.6) is 17.2 Å². The molecule has 1 aliphatic carbocycles. The number of allylic oxidation sites excluding steroid dienone is 3. The van der Waals surface area contributed by atoms with Gasteiger partial charge in [0.2, 0.25) is 0 Å². The first-order valence-electron chi connectivity index (χ1n) is 10.8. The van der Waals surface area contributed by atoms with Gasteiger partial charge >= 0.3 is 5.97 Å². The topological polar surface area (TPSA) is 88.1 Å². The number of ether oxygens (including phenoxy) is 4. The lowest BCUT2D eigenvalue weighted by molar-refractivity contribution is -0.148. The van der Waals surface area contributed by atoms with Gasteiger partial charge in [-0.25, -0.2) is 0 Å². The second-order valence-corrected chi connectivity index (χ2v) is 8.03. The number of carbonyl (C=O) groups excluding carboxylic acids is 3. The van der Waals surface area contributed by atoms with Crippen molar-refractivity contribution in [3.05, 3.63) is 76.4 Å². The van der Waals surface area contributed by atoms with E-state index < -0.39 is 12.1 Å². The lowest BCUT2D eigenvalue weighted by atomic mass is 9.88. The van der Waals surface area contributed by atoms with Crippen LogP contribution in [0.3, 0.4) is 0 Å². The molecule has 3 rings (SSSR count). The van der Waals surface area contributed by atoms with E-state index in [9.17, 15) is 14.4 Å². The number of hydrogen-bond donors (Lipinski definition) is 0. The Labute approximate surface area is 199 Å². The van der Waals surface area contributed by atoms with Crippen molar-refractivity contribution in [1.29, 1.82) is 0 Å². The zero-order valence-electron chi connectivity index (χ0n) is 20.0. The highest BCUT2D eigenvalue weighted by molar-refractivity contribution is 6.24. The van der Waals surface area contributed by atoms with Crippen LogP contribution < -0.4 is 14.2 Å². The third-order valence-corrected chi connectivity index (χ3v) is 5.44. The van der Waals surface area contributed by atoms with E-state index >= 15 is 0 Å². The van der Waals surface area contributed by atoms with Crippen LogP contribution >= 0.6 is 0 Å². The Hall–Kier alpha value is -3.87. The fourth-order valence-electron chi connectivity index (χ4n) is 3.77. The summed E-state index contributed by atoms with van der Waals surface area (Å²) >= 11 is 0. The molecule has 7 heteroatoms. The van der Waals surface area contributed by atoms with Crippen molar-refractivity contribution >= 4 is 17.5 Å². The van der Waals surface area contributed by atoms with Crippen molar-refractivity contribution < 1.29 is 33.3 Å². The quantitative estimate of drug-likeness (QED) is 0.388. The zero-order valence-corrected chi connectivity index (χ0v) is 20.0. The molecule has 7 nitrogen and oxygen atoms in total. The van der Waals surface area contributed by atoms with Crippen LogP contribution in [0, 0.1) is 0 Å². The van der Waals surface area contributed by atoms with Gasteiger partial charge in [-0.15, -0.1) is 0 Å². The van der Waals surface area contributed by atoms with E-state index in [0.717, 1.165) is 11.1 Å². The Morgan fingerprint density at radius 3 is 2.12 bits per heavy atom. The van der Waals surface area contributed by atoms with Crippen molar-refractivity contribution in [2.75, 3.05) is 21.3 Å². The maximum absolute atomic E-state index is 12.9. The summed E-state index contributed by atoms with van der Waals surface area (Å²) in [7, 11) is 4.41. The molecule has 0 saturated heterocycles. The van der Waals surface area contributed by atoms with Crippen LogP contribution in [0.4, 0.5) is 0 Å². The van der Waals surface area contributed by atoms with E-state index in [1.165, 1.54) is 26.4 Å². The Kier molecular flexibility index (Phi) is 7.89. The third-order valence-electron chi connectivity index (χ3n) is 5.44. The summed E-state index contributed by atoms with van der Waals surface area (Å²) in [5, 5.41) is 0. The van der Waals surface area contributed by atoms with Gasteiger partial charge in [-0.05, 0) is 49.8 Å². The van der Waals surface area contributed by atoms with Gasteiger partial charge < -0.3 is 18.9 Å². The summed E-state index contributed by atoms with van der Waals surface area (Å²) in [4.78, 5) is 38.1. The van der Waals surface area contributed by atoms with Gasteiger partial charge in [0.15, 0.2) is 11.6 Å². The smallest absolute Gasteiger partial charge is 0.310 e.